The summed E-state index contributed by atoms with van der Waals surface area (Å²) < 4.78 is 5.23. The lowest BCUT2D eigenvalue weighted by Gasteiger charge is -2.34. The molecule has 1 fully saturated rings. The second kappa shape index (κ2) is 6.65. The Morgan fingerprint density at radius 1 is 1.28 bits per heavy atom. The van der Waals surface area contributed by atoms with Gasteiger partial charge in [-0.3, -0.25) is 9.59 Å². The van der Waals surface area contributed by atoms with Gasteiger partial charge in [-0.15, -0.1) is 0 Å². The highest BCUT2D eigenvalue weighted by Crippen LogP contribution is 2.31. The molecule has 0 radical (unpaired) electrons. The highest BCUT2D eigenvalue weighted by Gasteiger charge is 2.42. The lowest BCUT2D eigenvalue weighted by molar-refractivity contribution is -0.131. The van der Waals surface area contributed by atoms with Crippen LogP contribution in [0.25, 0.3) is 0 Å². The summed E-state index contributed by atoms with van der Waals surface area (Å²) in [5.41, 5.74) is 9.91. The molecule has 2 amide bonds. The van der Waals surface area contributed by atoms with Crippen LogP contribution < -0.4 is 16.8 Å². The first-order valence-electron chi connectivity index (χ1n) is 5.93. The van der Waals surface area contributed by atoms with Gasteiger partial charge in [-0.25, -0.2) is 0 Å². The fourth-order valence-electron chi connectivity index (χ4n) is 1.94. The molecule has 18 heavy (non-hydrogen) atoms. The summed E-state index contributed by atoms with van der Waals surface area (Å²) in [5.74, 6) is -0.554. The Morgan fingerprint density at radius 3 is 2.39 bits per heavy atom. The number of nitrogens with one attached hydrogen (secondary N) is 1. The second-order valence-corrected chi connectivity index (χ2v) is 4.82. The van der Waals surface area contributed by atoms with Crippen LogP contribution in [0.3, 0.4) is 0 Å². The Balaban J connectivity index is 2.50. The van der Waals surface area contributed by atoms with Crippen LogP contribution in [-0.2, 0) is 14.3 Å². The van der Waals surface area contributed by atoms with E-state index < -0.39 is 5.41 Å². The number of carbonyl (C=O) groups is 2. The second-order valence-electron chi connectivity index (χ2n) is 4.38. The number of nitrogens with two attached hydrogens (primary N) is 2. The van der Waals surface area contributed by atoms with E-state index in [0.29, 0.717) is 39.0 Å². The normalized spacial score (nSPS) is 18.0. The maximum atomic E-state index is 12.2. The van der Waals surface area contributed by atoms with Gasteiger partial charge >= 0.3 is 0 Å². The number of primary amides is 1. The highest BCUT2D eigenvalue weighted by atomic mass is 32.1. The lowest BCUT2D eigenvalue weighted by atomic mass is 9.79. The fourth-order valence-corrected chi connectivity index (χ4v) is 2.24. The predicted molar refractivity (Wildman–Crippen MR) is 70.7 cm³/mol. The minimum atomic E-state index is -0.805. The molecule has 1 saturated heterocycles. The molecule has 0 atom stereocenters. The predicted octanol–water partition coefficient (Wildman–Crippen LogP) is -0.549. The summed E-state index contributed by atoms with van der Waals surface area (Å²) in [6.45, 7) is 1.35. The quantitative estimate of drug-likeness (QED) is 0.444. The van der Waals surface area contributed by atoms with E-state index >= 15 is 0 Å². The van der Waals surface area contributed by atoms with Crippen molar-refractivity contribution in [2.45, 2.75) is 25.7 Å². The molecule has 0 aromatic heterocycles. The Labute approximate surface area is 111 Å². The minimum Gasteiger partial charge on any atom is -0.392 e. The molecule has 0 aromatic rings. The molecule has 0 aromatic carbocycles. The molecule has 0 bridgehead atoms. The number of amides is 2. The number of hydrogen-bond acceptors (Lipinski definition) is 4. The van der Waals surface area contributed by atoms with Gasteiger partial charge in [0, 0.05) is 26.2 Å². The van der Waals surface area contributed by atoms with Crippen LogP contribution in [0.5, 0.6) is 0 Å². The molecule has 102 valence electrons. The number of thiocarbonyl (C=S) groups is 1. The summed E-state index contributed by atoms with van der Waals surface area (Å²) in [5, 5.41) is 2.76. The summed E-state index contributed by atoms with van der Waals surface area (Å²) in [4.78, 5) is 22.9. The van der Waals surface area contributed by atoms with Crippen LogP contribution in [0, 0.1) is 5.41 Å². The summed E-state index contributed by atoms with van der Waals surface area (Å²) in [6.07, 6.45) is 1.78. The third-order valence-electron chi connectivity index (χ3n) is 3.14. The monoisotopic (exact) mass is 273 g/mol. The van der Waals surface area contributed by atoms with Crippen molar-refractivity contribution >= 4 is 29.0 Å². The molecule has 0 saturated carbocycles. The minimum absolute atomic E-state index is 0.178. The van der Waals surface area contributed by atoms with Gasteiger partial charge < -0.3 is 21.5 Å². The molecule has 0 spiro atoms. The molecule has 1 aliphatic rings. The standard InChI is InChI=1S/C11H19N3O3S/c12-8(15)2-1-5-14-10(16)11(9(13)18)3-6-17-7-4-11/h1-7H2,(H2,12,15)(H2,13,18)(H,14,16). The molecule has 7 heteroatoms. The summed E-state index contributed by atoms with van der Waals surface area (Å²) in [7, 11) is 0. The van der Waals surface area contributed by atoms with Gasteiger partial charge in [-0.05, 0) is 19.3 Å². The van der Waals surface area contributed by atoms with Crippen LogP contribution >= 0.6 is 12.2 Å². The average molecular weight is 273 g/mol. The lowest BCUT2D eigenvalue weighted by Crippen LogP contribution is -2.52. The Morgan fingerprint density at radius 2 is 1.89 bits per heavy atom. The Hall–Kier alpha value is -1.21. The largest absolute Gasteiger partial charge is 0.392 e. The van der Waals surface area contributed by atoms with E-state index in [1.807, 2.05) is 0 Å². The van der Waals surface area contributed by atoms with E-state index in [4.69, 9.17) is 28.4 Å². The maximum Gasteiger partial charge on any atom is 0.233 e. The first-order valence-corrected chi connectivity index (χ1v) is 6.34. The molecule has 0 aliphatic carbocycles. The highest BCUT2D eigenvalue weighted by molar-refractivity contribution is 7.80. The van der Waals surface area contributed by atoms with E-state index in [1.54, 1.807) is 0 Å². The summed E-state index contributed by atoms with van der Waals surface area (Å²) in [6, 6.07) is 0. The van der Waals surface area contributed by atoms with Gasteiger partial charge in [0.15, 0.2) is 0 Å². The number of hydrogen-bond donors (Lipinski definition) is 3. The first-order chi connectivity index (χ1) is 8.49. The molecular weight excluding hydrogens is 254 g/mol. The molecule has 1 rings (SSSR count). The zero-order chi connectivity index (χ0) is 13.6. The van der Waals surface area contributed by atoms with Crippen molar-refractivity contribution in [2.75, 3.05) is 19.8 Å². The molecule has 1 heterocycles. The van der Waals surface area contributed by atoms with Crippen molar-refractivity contribution in [2.24, 2.45) is 16.9 Å². The van der Waals surface area contributed by atoms with Gasteiger partial charge in [-0.1, -0.05) is 12.2 Å². The zero-order valence-corrected chi connectivity index (χ0v) is 11.1. The van der Waals surface area contributed by atoms with Crippen LogP contribution in [0.2, 0.25) is 0 Å². The topological polar surface area (TPSA) is 107 Å². The van der Waals surface area contributed by atoms with Crippen molar-refractivity contribution in [3.8, 4) is 0 Å². The van der Waals surface area contributed by atoms with Gasteiger partial charge in [-0.2, -0.15) is 0 Å². The molecular formula is C11H19N3O3S. The SMILES string of the molecule is NC(=O)CCCNC(=O)C1(C(N)=S)CCOCC1. The number of ether oxygens (including phenoxy) is 1. The van der Waals surface area contributed by atoms with Crippen molar-refractivity contribution in [3.05, 3.63) is 0 Å². The summed E-state index contributed by atoms with van der Waals surface area (Å²) >= 11 is 5.01. The van der Waals surface area contributed by atoms with Crippen molar-refractivity contribution in [1.82, 2.24) is 5.32 Å². The fraction of sp³-hybridized carbons (Fsp3) is 0.727. The number of rotatable bonds is 6. The van der Waals surface area contributed by atoms with Crippen molar-refractivity contribution in [1.29, 1.82) is 0 Å². The van der Waals surface area contributed by atoms with E-state index in [2.05, 4.69) is 5.32 Å². The van der Waals surface area contributed by atoms with Crippen LogP contribution in [0.4, 0.5) is 0 Å². The first kappa shape index (κ1) is 14.8. The number of carbonyl (C=O) groups excluding carboxylic acids is 2. The van der Waals surface area contributed by atoms with Gasteiger partial charge in [0.25, 0.3) is 0 Å². The van der Waals surface area contributed by atoms with Crippen LogP contribution in [0.15, 0.2) is 0 Å². The van der Waals surface area contributed by atoms with Crippen LogP contribution in [0.1, 0.15) is 25.7 Å². The van der Waals surface area contributed by atoms with E-state index in [1.165, 1.54) is 0 Å². The smallest absolute Gasteiger partial charge is 0.233 e. The maximum absolute atomic E-state index is 12.2. The van der Waals surface area contributed by atoms with Crippen LogP contribution in [-0.4, -0.2) is 36.6 Å². The van der Waals surface area contributed by atoms with Crippen molar-refractivity contribution in [3.63, 3.8) is 0 Å². The van der Waals surface area contributed by atoms with Crippen molar-refractivity contribution < 1.29 is 14.3 Å². The van der Waals surface area contributed by atoms with Gasteiger partial charge in [0.2, 0.25) is 11.8 Å². The molecule has 5 N–H and O–H groups in total. The van der Waals surface area contributed by atoms with E-state index in [0.717, 1.165) is 0 Å². The third-order valence-corrected chi connectivity index (χ3v) is 3.53. The Kier molecular flexibility index (Phi) is 5.49. The van der Waals surface area contributed by atoms with E-state index in [9.17, 15) is 9.59 Å². The average Bonchev–Trinajstić information content (AvgIpc) is 2.34. The third kappa shape index (κ3) is 3.64. The molecule has 0 unspecified atom stereocenters. The van der Waals surface area contributed by atoms with Gasteiger partial charge in [0.1, 0.15) is 5.41 Å². The van der Waals surface area contributed by atoms with E-state index in [-0.39, 0.29) is 23.2 Å². The molecule has 1 aliphatic heterocycles. The molecule has 6 nitrogen and oxygen atoms in total. The zero-order valence-electron chi connectivity index (χ0n) is 10.2. The van der Waals surface area contributed by atoms with Gasteiger partial charge in [0.05, 0.1) is 4.99 Å². The Bertz CT molecular complexity index is 340.